The number of rotatable bonds is 6. The second-order valence-electron chi connectivity index (χ2n) is 4.82. The fourth-order valence-corrected chi connectivity index (χ4v) is 3.41. The monoisotopic (exact) mass is 289 g/mol. The Bertz CT molecular complexity index is 210. The van der Waals surface area contributed by atoms with Crippen molar-refractivity contribution in [1.29, 1.82) is 0 Å². The average molecular weight is 290 g/mol. The Morgan fingerprint density at radius 1 is 1.31 bits per heavy atom. The third-order valence-corrected chi connectivity index (χ3v) is 4.83. The van der Waals surface area contributed by atoms with Crippen LogP contribution in [0.15, 0.2) is 0 Å². The quantitative estimate of drug-likeness (QED) is 0.745. The van der Waals surface area contributed by atoms with Crippen LogP contribution in [0.1, 0.15) is 52.4 Å². The third-order valence-electron chi connectivity index (χ3n) is 3.76. The molecule has 2 nitrogen and oxygen atoms in total. The molecule has 1 atom stereocenters. The minimum Gasteiger partial charge on any atom is -0.355 e. The Balaban J connectivity index is 2.24. The fourth-order valence-electron chi connectivity index (χ4n) is 2.50. The number of hydrogen-bond acceptors (Lipinski definition) is 1. The maximum absolute atomic E-state index is 11.8. The Hall–Kier alpha value is -0.0500. The van der Waals surface area contributed by atoms with E-state index in [9.17, 15) is 4.79 Å². The zero-order chi connectivity index (χ0) is 12.0. The van der Waals surface area contributed by atoms with E-state index in [1.54, 1.807) is 0 Å². The number of nitrogens with one attached hydrogen (secondary N) is 1. The number of carbonyl (C=O) groups excluding carboxylic acids is 1. The molecule has 0 heterocycles. The third kappa shape index (κ3) is 4.08. The van der Waals surface area contributed by atoms with Gasteiger partial charge in [0.15, 0.2) is 0 Å². The molecule has 0 aromatic rings. The van der Waals surface area contributed by atoms with Crippen LogP contribution >= 0.6 is 15.9 Å². The zero-order valence-corrected chi connectivity index (χ0v) is 12.1. The lowest BCUT2D eigenvalue weighted by atomic mass is 9.99. The van der Waals surface area contributed by atoms with Crippen LogP contribution < -0.4 is 5.32 Å². The summed E-state index contributed by atoms with van der Waals surface area (Å²) < 4.78 is 0. The van der Waals surface area contributed by atoms with Gasteiger partial charge in [-0.15, -0.1) is 0 Å². The van der Waals surface area contributed by atoms with Crippen molar-refractivity contribution in [2.75, 3.05) is 6.54 Å². The van der Waals surface area contributed by atoms with E-state index in [4.69, 9.17) is 0 Å². The molecule has 1 rings (SSSR count). The number of hydrogen-bond donors (Lipinski definition) is 1. The average Bonchev–Trinajstić information content (AvgIpc) is 2.81. The van der Waals surface area contributed by atoms with Gasteiger partial charge < -0.3 is 5.32 Å². The first-order chi connectivity index (χ1) is 7.69. The predicted molar refractivity (Wildman–Crippen MR) is 71.8 cm³/mol. The van der Waals surface area contributed by atoms with E-state index in [-0.39, 0.29) is 5.91 Å². The van der Waals surface area contributed by atoms with Gasteiger partial charge in [-0.2, -0.15) is 0 Å². The van der Waals surface area contributed by atoms with Crippen LogP contribution in [0.2, 0.25) is 0 Å². The molecule has 94 valence electrons. The van der Waals surface area contributed by atoms with Gasteiger partial charge in [-0.3, -0.25) is 4.79 Å². The summed E-state index contributed by atoms with van der Waals surface area (Å²) in [6, 6.07) is 0. The van der Waals surface area contributed by atoms with E-state index >= 15 is 0 Å². The first-order valence-electron chi connectivity index (χ1n) is 6.60. The maximum atomic E-state index is 11.8. The Morgan fingerprint density at radius 3 is 2.38 bits per heavy atom. The van der Waals surface area contributed by atoms with Crippen LogP contribution in [0.4, 0.5) is 0 Å². The maximum Gasteiger partial charge on any atom is 0.223 e. The predicted octanol–water partition coefficient (Wildman–Crippen LogP) is 3.49. The summed E-state index contributed by atoms with van der Waals surface area (Å²) in [5, 5.41) is 3.09. The van der Waals surface area contributed by atoms with Crippen molar-refractivity contribution in [3.05, 3.63) is 0 Å². The molecule has 1 amide bonds. The summed E-state index contributed by atoms with van der Waals surface area (Å²) in [6.45, 7) is 5.20. The van der Waals surface area contributed by atoms with Crippen molar-refractivity contribution in [3.63, 3.8) is 0 Å². The van der Waals surface area contributed by atoms with Crippen LogP contribution in [-0.4, -0.2) is 17.3 Å². The van der Waals surface area contributed by atoms with Crippen LogP contribution in [0, 0.1) is 11.8 Å². The number of carbonyl (C=O) groups is 1. The van der Waals surface area contributed by atoms with Crippen molar-refractivity contribution < 1.29 is 4.79 Å². The van der Waals surface area contributed by atoms with Gasteiger partial charge in [-0.25, -0.2) is 0 Å². The highest BCUT2D eigenvalue weighted by Crippen LogP contribution is 2.25. The summed E-state index contributed by atoms with van der Waals surface area (Å²) in [5.41, 5.74) is 0. The van der Waals surface area contributed by atoms with E-state index in [1.165, 1.54) is 25.7 Å². The first kappa shape index (κ1) is 14.0. The lowest BCUT2D eigenvalue weighted by molar-refractivity contribution is -0.124. The van der Waals surface area contributed by atoms with Gasteiger partial charge in [0, 0.05) is 17.3 Å². The summed E-state index contributed by atoms with van der Waals surface area (Å²) in [5.74, 6) is 1.23. The van der Waals surface area contributed by atoms with Gasteiger partial charge in [0.1, 0.15) is 0 Å². The molecule has 16 heavy (non-hydrogen) atoms. The van der Waals surface area contributed by atoms with E-state index in [0.717, 1.165) is 19.4 Å². The largest absolute Gasteiger partial charge is 0.355 e. The SMILES string of the molecule is CCC(CC)C(Br)CNC(=O)C1CCCC1. The molecule has 0 saturated heterocycles. The van der Waals surface area contributed by atoms with Crippen LogP contribution in [0.5, 0.6) is 0 Å². The number of halogens is 1. The molecule has 0 radical (unpaired) electrons. The van der Waals surface area contributed by atoms with Crippen LogP contribution in [-0.2, 0) is 4.79 Å². The fraction of sp³-hybridized carbons (Fsp3) is 0.923. The van der Waals surface area contributed by atoms with E-state index in [2.05, 4.69) is 35.1 Å². The molecule has 1 fully saturated rings. The normalized spacial score (nSPS) is 19.0. The van der Waals surface area contributed by atoms with Crippen molar-refractivity contribution in [2.24, 2.45) is 11.8 Å². The van der Waals surface area contributed by atoms with Gasteiger partial charge in [-0.1, -0.05) is 55.5 Å². The molecule has 3 heteroatoms. The zero-order valence-electron chi connectivity index (χ0n) is 10.5. The second-order valence-corrected chi connectivity index (χ2v) is 6.00. The van der Waals surface area contributed by atoms with Gasteiger partial charge >= 0.3 is 0 Å². The Kier molecular flexibility index (Phi) is 6.40. The minimum atomic E-state index is 0.271. The molecule has 0 aliphatic heterocycles. The van der Waals surface area contributed by atoms with E-state index < -0.39 is 0 Å². The van der Waals surface area contributed by atoms with E-state index in [0.29, 0.717) is 16.7 Å². The molecule has 0 aromatic carbocycles. The van der Waals surface area contributed by atoms with Crippen molar-refractivity contribution >= 4 is 21.8 Å². The van der Waals surface area contributed by atoms with Crippen molar-refractivity contribution in [3.8, 4) is 0 Å². The lowest BCUT2D eigenvalue weighted by Gasteiger charge is -2.20. The molecule has 1 N–H and O–H groups in total. The first-order valence-corrected chi connectivity index (χ1v) is 7.52. The molecule has 0 spiro atoms. The van der Waals surface area contributed by atoms with Crippen LogP contribution in [0.3, 0.4) is 0 Å². The van der Waals surface area contributed by atoms with Gasteiger partial charge in [0.05, 0.1) is 0 Å². The van der Waals surface area contributed by atoms with Gasteiger partial charge in [0.25, 0.3) is 0 Å². The molecule has 1 unspecified atom stereocenters. The molecule has 0 aromatic heterocycles. The molecule has 1 aliphatic carbocycles. The summed E-state index contributed by atoms with van der Waals surface area (Å²) in [6.07, 6.45) is 6.97. The summed E-state index contributed by atoms with van der Waals surface area (Å²) >= 11 is 3.69. The molecular weight excluding hydrogens is 266 g/mol. The van der Waals surface area contributed by atoms with Crippen molar-refractivity contribution in [1.82, 2.24) is 5.32 Å². The molecular formula is C13H24BrNO. The summed E-state index contributed by atoms with van der Waals surface area (Å²) in [4.78, 5) is 12.2. The standard InChI is InChI=1S/C13H24BrNO/c1-3-10(4-2)12(14)9-15-13(16)11-7-5-6-8-11/h10-12H,3-9H2,1-2H3,(H,15,16). The highest BCUT2D eigenvalue weighted by molar-refractivity contribution is 9.09. The number of amides is 1. The lowest BCUT2D eigenvalue weighted by Crippen LogP contribution is -2.36. The second kappa shape index (κ2) is 7.31. The smallest absolute Gasteiger partial charge is 0.223 e. The Labute approximate surface area is 108 Å². The highest BCUT2D eigenvalue weighted by Gasteiger charge is 2.23. The minimum absolute atomic E-state index is 0.271. The number of alkyl halides is 1. The van der Waals surface area contributed by atoms with E-state index in [1.807, 2.05) is 0 Å². The topological polar surface area (TPSA) is 29.1 Å². The molecule has 1 aliphatic rings. The van der Waals surface area contributed by atoms with Gasteiger partial charge in [0.2, 0.25) is 5.91 Å². The van der Waals surface area contributed by atoms with Crippen LogP contribution in [0.25, 0.3) is 0 Å². The van der Waals surface area contributed by atoms with Crippen molar-refractivity contribution in [2.45, 2.75) is 57.2 Å². The summed E-state index contributed by atoms with van der Waals surface area (Å²) in [7, 11) is 0. The highest BCUT2D eigenvalue weighted by atomic mass is 79.9. The van der Waals surface area contributed by atoms with Gasteiger partial charge in [-0.05, 0) is 18.8 Å². The molecule has 1 saturated carbocycles. The Morgan fingerprint density at radius 2 is 1.88 bits per heavy atom. The molecule has 0 bridgehead atoms.